The van der Waals surface area contributed by atoms with Gasteiger partial charge in [-0.2, -0.15) is 0 Å². The van der Waals surface area contributed by atoms with E-state index < -0.39 is 12.1 Å². The number of allylic oxidation sites excluding steroid dienone is 22. The van der Waals surface area contributed by atoms with Crippen molar-refractivity contribution in [1.82, 2.24) is 0 Å². The first kappa shape index (κ1) is 64.5. The van der Waals surface area contributed by atoms with Crippen molar-refractivity contribution in [3.05, 3.63) is 134 Å². The van der Waals surface area contributed by atoms with Gasteiger partial charge in [0.2, 0.25) is 0 Å². The van der Waals surface area contributed by atoms with Crippen LogP contribution in [0, 0.1) is 0 Å². The summed E-state index contributed by atoms with van der Waals surface area (Å²) in [6, 6.07) is 0. The van der Waals surface area contributed by atoms with Gasteiger partial charge in [0.1, 0.15) is 13.2 Å². The van der Waals surface area contributed by atoms with E-state index in [1.807, 2.05) is 24.3 Å². The van der Waals surface area contributed by atoms with Crippen molar-refractivity contribution >= 4 is 17.9 Å². The molecule has 0 amide bonds. The fraction of sp³-hybridized carbons (Fsp3) is 0.603. The van der Waals surface area contributed by atoms with Crippen molar-refractivity contribution in [2.75, 3.05) is 13.2 Å². The van der Waals surface area contributed by atoms with Crippen LogP contribution in [-0.2, 0) is 28.6 Å². The standard InChI is InChI=1S/C63H100O6/c1-4-7-10-13-16-19-22-25-28-31-32-33-36-38-41-44-47-50-53-56-62(65)68-59-60(69-63(66)57-54-51-48-45-42-39-35-30-27-24-21-18-15-12-9-6-3)58-67-61(64)55-52-49-46-43-40-37-34-29-26-23-20-17-14-11-8-5-2/h7,9-10,12,16,18-19,21,25,27-28,30,32-33,38-39,41-42,47-48,50-51,60H,4-6,8,11,13-15,17,20,22-24,26,29,31,34-37,40,43-46,49,52-59H2,1-3H3/b10-7-,12-9-,19-16-,21-18-,28-25-,30-27-,33-32-,41-38-,42-39-,50-47-,51-48-. The van der Waals surface area contributed by atoms with Crippen molar-refractivity contribution < 1.29 is 28.6 Å². The largest absolute Gasteiger partial charge is 0.462 e. The second-order valence-corrected chi connectivity index (χ2v) is 17.7. The average Bonchev–Trinajstić information content (AvgIpc) is 3.35. The van der Waals surface area contributed by atoms with Crippen LogP contribution in [0.5, 0.6) is 0 Å². The molecule has 6 nitrogen and oxygen atoms in total. The van der Waals surface area contributed by atoms with Crippen molar-refractivity contribution in [2.45, 2.75) is 232 Å². The summed E-state index contributed by atoms with van der Waals surface area (Å²) in [6.07, 6.45) is 78.9. The molecule has 0 radical (unpaired) electrons. The van der Waals surface area contributed by atoms with Crippen molar-refractivity contribution in [1.29, 1.82) is 0 Å². The minimum absolute atomic E-state index is 0.133. The number of esters is 3. The van der Waals surface area contributed by atoms with Crippen molar-refractivity contribution in [3.8, 4) is 0 Å². The number of unbranched alkanes of at least 4 members (excludes halogenated alkanes) is 15. The van der Waals surface area contributed by atoms with E-state index in [2.05, 4.69) is 130 Å². The summed E-state index contributed by atoms with van der Waals surface area (Å²) in [5.41, 5.74) is 0. The van der Waals surface area contributed by atoms with Crippen LogP contribution in [0.2, 0.25) is 0 Å². The molecule has 0 saturated carbocycles. The van der Waals surface area contributed by atoms with Gasteiger partial charge in [-0.15, -0.1) is 0 Å². The molecule has 0 spiro atoms. The summed E-state index contributed by atoms with van der Waals surface area (Å²) in [7, 11) is 0. The molecule has 0 bridgehead atoms. The van der Waals surface area contributed by atoms with Crippen LogP contribution in [0.4, 0.5) is 0 Å². The number of ether oxygens (including phenoxy) is 3. The second-order valence-electron chi connectivity index (χ2n) is 17.7. The molecule has 0 fully saturated rings. The minimum atomic E-state index is -0.851. The Morgan fingerprint density at radius 3 is 0.884 bits per heavy atom. The maximum absolute atomic E-state index is 12.8. The quantitative estimate of drug-likeness (QED) is 0.0262. The lowest BCUT2D eigenvalue weighted by atomic mass is 10.0. The molecule has 0 aliphatic heterocycles. The van der Waals surface area contributed by atoms with Crippen LogP contribution in [0.15, 0.2) is 134 Å². The molecule has 0 heterocycles. The van der Waals surface area contributed by atoms with Gasteiger partial charge in [-0.05, 0) is 89.9 Å². The number of hydrogen-bond donors (Lipinski definition) is 0. The van der Waals surface area contributed by atoms with E-state index in [0.29, 0.717) is 19.3 Å². The Kier molecular flexibility index (Phi) is 52.5. The molecule has 0 rings (SSSR count). The van der Waals surface area contributed by atoms with E-state index in [9.17, 15) is 14.4 Å². The fourth-order valence-electron chi connectivity index (χ4n) is 7.11. The number of carbonyl (C=O) groups excluding carboxylic acids is 3. The lowest BCUT2D eigenvalue weighted by Crippen LogP contribution is -2.30. The zero-order chi connectivity index (χ0) is 50.0. The first-order valence-electron chi connectivity index (χ1n) is 27.7. The third-order valence-electron chi connectivity index (χ3n) is 11.2. The Labute approximate surface area is 424 Å². The van der Waals surface area contributed by atoms with E-state index in [-0.39, 0.29) is 38.0 Å². The van der Waals surface area contributed by atoms with Gasteiger partial charge in [-0.25, -0.2) is 0 Å². The molecule has 388 valence electrons. The van der Waals surface area contributed by atoms with Crippen molar-refractivity contribution in [2.24, 2.45) is 0 Å². The molecule has 6 heteroatoms. The van der Waals surface area contributed by atoms with Gasteiger partial charge in [0.05, 0.1) is 0 Å². The zero-order valence-electron chi connectivity index (χ0n) is 44.3. The topological polar surface area (TPSA) is 78.9 Å². The third-order valence-corrected chi connectivity index (χ3v) is 11.2. The Hall–Kier alpha value is -4.45. The van der Waals surface area contributed by atoms with Crippen LogP contribution in [0.3, 0.4) is 0 Å². The van der Waals surface area contributed by atoms with E-state index in [0.717, 1.165) is 89.9 Å². The number of carbonyl (C=O) groups is 3. The average molecular weight is 953 g/mol. The summed E-state index contributed by atoms with van der Waals surface area (Å²) in [4.78, 5) is 38.0. The smallest absolute Gasteiger partial charge is 0.306 e. The lowest BCUT2D eigenvalue weighted by molar-refractivity contribution is -0.166. The highest BCUT2D eigenvalue weighted by molar-refractivity contribution is 5.71. The number of hydrogen-bond acceptors (Lipinski definition) is 6. The molecule has 0 aromatic heterocycles. The molecule has 0 aromatic carbocycles. The predicted octanol–water partition coefficient (Wildman–Crippen LogP) is 18.6. The molecule has 0 aliphatic carbocycles. The maximum Gasteiger partial charge on any atom is 0.306 e. The van der Waals surface area contributed by atoms with Gasteiger partial charge in [0, 0.05) is 19.3 Å². The van der Waals surface area contributed by atoms with Crippen LogP contribution in [0.25, 0.3) is 0 Å². The molecule has 69 heavy (non-hydrogen) atoms. The maximum atomic E-state index is 12.8. The van der Waals surface area contributed by atoms with E-state index in [4.69, 9.17) is 14.2 Å². The van der Waals surface area contributed by atoms with Crippen LogP contribution < -0.4 is 0 Å². The summed E-state index contributed by atoms with van der Waals surface area (Å²) < 4.78 is 16.7. The highest BCUT2D eigenvalue weighted by atomic mass is 16.6. The predicted molar refractivity (Wildman–Crippen MR) is 297 cm³/mol. The van der Waals surface area contributed by atoms with Gasteiger partial charge >= 0.3 is 17.9 Å². The number of rotatable bonds is 48. The fourth-order valence-corrected chi connectivity index (χ4v) is 7.11. The van der Waals surface area contributed by atoms with E-state index >= 15 is 0 Å². The summed E-state index contributed by atoms with van der Waals surface area (Å²) in [6.45, 7) is 6.28. The highest BCUT2D eigenvalue weighted by Crippen LogP contribution is 2.15. The van der Waals surface area contributed by atoms with Crippen LogP contribution in [0.1, 0.15) is 226 Å². The molecular weight excluding hydrogens is 853 g/mol. The SMILES string of the molecule is CC/C=C\C/C=C\C/C=C\C/C=C\C/C=C\C/C=C\CCC(=O)OCC(COC(=O)CCCCCCCCCCCCCCCCCC)OC(=O)CC/C=C\C/C=C\C/C=C\C/C=C\C/C=C\CC. The molecular formula is C63H100O6. The first-order chi connectivity index (χ1) is 34.0. The molecule has 0 aliphatic rings. The third kappa shape index (κ3) is 54.4. The summed E-state index contributed by atoms with van der Waals surface area (Å²) in [5.74, 6) is -1.11. The monoisotopic (exact) mass is 953 g/mol. The van der Waals surface area contributed by atoms with E-state index in [1.165, 1.54) is 83.5 Å². The Bertz CT molecular complexity index is 1510. The van der Waals surface area contributed by atoms with Gasteiger partial charge in [-0.1, -0.05) is 251 Å². The minimum Gasteiger partial charge on any atom is -0.462 e. The normalized spacial score (nSPS) is 13.1. The van der Waals surface area contributed by atoms with Gasteiger partial charge in [0.15, 0.2) is 6.10 Å². The zero-order valence-corrected chi connectivity index (χ0v) is 44.3. The van der Waals surface area contributed by atoms with Crippen LogP contribution in [-0.4, -0.2) is 37.2 Å². The molecule has 0 N–H and O–H groups in total. The Balaban J connectivity index is 4.61. The molecule has 1 unspecified atom stereocenters. The molecule has 0 saturated heterocycles. The van der Waals surface area contributed by atoms with Crippen molar-refractivity contribution in [3.63, 3.8) is 0 Å². The highest BCUT2D eigenvalue weighted by Gasteiger charge is 2.19. The summed E-state index contributed by atoms with van der Waals surface area (Å²) >= 11 is 0. The Morgan fingerprint density at radius 1 is 0.304 bits per heavy atom. The first-order valence-corrected chi connectivity index (χ1v) is 27.7. The lowest BCUT2D eigenvalue weighted by Gasteiger charge is -2.18. The molecule has 0 aromatic rings. The van der Waals surface area contributed by atoms with Gasteiger partial charge in [-0.3, -0.25) is 14.4 Å². The van der Waals surface area contributed by atoms with Crippen LogP contribution >= 0.6 is 0 Å². The second kappa shape index (κ2) is 56.1. The Morgan fingerprint density at radius 2 is 0.565 bits per heavy atom. The van der Waals surface area contributed by atoms with Gasteiger partial charge < -0.3 is 14.2 Å². The molecule has 1 atom stereocenters. The van der Waals surface area contributed by atoms with E-state index in [1.54, 1.807) is 0 Å². The summed E-state index contributed by atoms with van der Waals surface area (Å²) in [5, 5.41) is 0. The van der Waals surface area contributed by atoms with Gasteiger partial charge in [0.25, 0.3) is 0 Å².